The lowest BCUT2D eigenvalue weighted by Crippen LogP contribution is -2.46. The van der Waals surface area contributed by atoms with Gasteiger partial charge in [0.05, 0.1) is 25.8 Å². The Balaban J connectivity index is 0.00000363. The van der Waals surface area contributed by atoms with Crippen molar-refractivity contribution in [3.05, 3.63) is 66.1 Å². The Labute approximate surface area is 208 Å². The number of ether oxygens (including phenoxy) is 2. The maximum absolute atomic E-state index is 5.97. The highest BCUT2D eigenvalue weighted by Gasteiger charge is 2.25. The number of aliphatic imine (C=N–C) groups is 1. The molecular weight excluding hydrogens is 519 g/mol. The van der Waals surface area contributed by atoms with Crippen molar-refractivity contribution < 1.29 is 13.9 Å². The molecule has 1 aromatic carbocycles. The molecule has 1 atom stereocenters. The highest BCUT2D eigenvalue weighted by atomic mass is 127. The molecule has 7 nitrogen and oxygen atoms in total. The summed E-state index contributed by atoms with van der Waals surface area (Å²) >= 11 is 0. The molecule has 1 aliphatic heterocycles. The SMILES string of the molecule is C=CCOc1ccccc1CN=C(NCC)NCC(c1ccc(C)o1)N1CCOCC1.I. The largest absolute Gasteiger partial charge is 0.489 e. The molecule has 2 aromatic rings. The van der Waals surface area contributed by atoms with Gasteiger partial charge in [-0.1, -0.05) is 30.9 Å². The number of morpholine rings is 1. The first-order chi connectivity index (χ1) is 15.2. The summed E-state index contributed by atoms with van der Waals surface area (Å²) in [5, 5.41) is 6.84. The van der Waals surface area contributed by atoms with E-state index in [1.165, 1.54) is 0 Å². The van der Waals surface area contributed by atoms with E-state index >= 15 is 0 Å². The number of para-hydroxylation sites is 1. The summed E-state index contributed by atoms with van der Waals surface area (Å²) in [6, 6.07) is 12.2. The number of hydrogen-bond acceptors (Lipinski definition) is 5. The number of guanidine groups is 1. The fourth-order valence-electron chi connectivity index (χ4n) is 3.55. The summed E-state index contributed by atoms with van der Waals surface area (Å²) in [5.74, 6) is 3.48. The number of halogens is 1. The van der Waals surface area contributed by atoms with Crippen LogP contribution in [0.1, 0.15) is 30.0 Å². The first-order valence-electron chi connectivity index (χ1n) is 10.9. The van der Waals surface area contributed by atoms with Crippen LogP contribution in [0.15, 0.2) is 58.5 Å². The van der Waals surface area contributed by atoms with Gasteiger partial charge in [0.2, 0.25) is 0 Å². The molecule has 1 saturated heterocycles. The van der Waals surface area contributed by atoms with Crippen molar-refractivity contribution in [2.45, 2.75) is 26.4 Å². The highest BCUT2D eigenvalue weighted by Crippen LogP contribution is 2.23. The van der Waals surface area contributed by atoms with E-state index in [1.54, 1.807) is 6.08 Å². The van der Waals surface area contributed by atoms with Crippen molar-refractivity contribution in [2.24, 2.45) is 4.99 Å². The minimum absolute atomic E-state index is 0. The molecule has 8 heteroatoms. The predicted octanol–water partition coefficient (Wildman–Crippen LogP) is 3.90. The number of benzene rings is 1. The van der Waals surface area contributed by atoms with E-state index in [0.717, 1.165) is 61.6 Å². The average molecular weight is 554 g/mol. The zero-order valence-corrected chi connectivity index (χ0v) is 21.3. The lowest BCUT2D eigenvalue weighted by Gasteiger charge is -2.33. The second kappa shape index (κ2) is 14.2. The molecule has 0 saturated carbocycles. The second-order valence-electron chi connectivity index (χ2n) is 7.40. The van der Waals surface area contributed by atoms with Gasteiger partial charge in [-0.3, -0.25) is 4.90 Å². The molecular formula is C24H35IN4O3. The number of rotatable bonds is 10. The minimum atomic E-state index is 0. The monoisotopic (exact) mass is 554 g/mol. The Morgan fingerprint density at radius 1 is 1.22 bits per heavy atom. The van der Waals surface area contributed by atoms with E-state index in [-0.39, 0.29) is 30.0 Å². The lowest BCUT2D eigenvalue weighted by atomic mass is 10.1. The number of nitrogens with one attached hydrogen (secondary N) is 2. The van der Waals surface area contributed by atoms with E-state index in [1.807, 2.05) is 37.3 Å². The minimum Gasteiger partial charge on any atom is -0.489 e. The van der Waals surface area contributed by atoms with Gasteiger partial charge >= 0.3 is 0 Å². The Morgan fingerprint density at radius 2 is 2.00 bits per heavy atom. The van der Waals surface area contributed by atoms with Crippen molar-refractivity contribution in [3.63, 3.8) is 0 Å². The normalized spacial score (nSPS) is 15.5. The van der Waals surface area contributed by atoms with Gasteiger partial charge in [-0.05, 0) is 32.0 Å². The fraction of sp³-hybridized carbons (Fsp3) is 0.458. The van der Waals surface area contributed by atoms with Crippen molar-refractivity contribution in [2.75, 3.05) is 46.0 Å². The Morgan fingerprint density at radius 3 is 2.69 bits per heavy atom. The molecule has 1 aliphatic rings. The van der Waals surface area contributed by atoms with Crippen LogP contribution in [-0.4, -0.2) is 56.9 Å². The number of aryl methyl sites for hydroxylation is 1. The summed E-state index contributed by atoms with van der Waals surface area (Å²) in [5.41, 5.74) is 1.04. The quantitative estimate of drug-likeness (QED) is 0.201. The third kappa shape index (κ3) is 7.83. The molecule has 0 radical (unpaired) electrons. The molecule has 176 valence electrons. The number of hydrogen-bond donors (Lipinski definition) is 2. The smallest absolute Gasteiger partial charge is 0.191 e. The van der Waals surface area contributed by atoms with Crippen LogP contribution in [0.2, 0.25) is 0 Å². The van der Waals surface area contributed by atoms with Crippen molar-refractivity contribution in [3.8, 4) is 5.75 Å². The number of nitrogens with zero attached hydrogens (tertiary/aromatic N) is 2. The van der Waals surface area contributed by atoms with Crippen molar-refractivity contribution >= 4 is 29.9 Å². The molecule has 1 fully saturated rings. The Kier molecular flexibility index (Phi) is 11.6. The molecule has 1 aromatic heterocycles. The Hall–Kier alpha value is -2.04. The maximum atomic E-state index is 5.97. The van der Waals surface area contributed by atoms with Gasteiger partial charge in [0.15, 0.2) is 5.96 Å². The molecule has 2 N–H and O–H groups in total. The summed E-state index contributed by atoms with van der Waals surface area (Å²) in [6.45, 7) is 13.5. The lowest BCUT2D eigenvalue weighted by molar-refractivity contribution is 0.0124. The fourth-order valence-corrected chi connectivity index (χ4v) is 3.55. The van der Waals surface area contributed by atoms with Crippen LogP contribution >= 0.6 is 24.0 Å². The first-order valence-corrected chi connectivity index (χ1v) is 10.9. The van der Waals surface area contributed by atoms with Gasteiger partial charge in [0.1, 0.15) is 23.9 Å². The van der Waals surface area contributed by atoms with Crippen LogP contribution in [0, 0.1) is 6.92 Å². The second-order valence-corrected chi connectivity index (χ2v) is 7.40. The van der Waals surface area contributed by atoms with Crippen LogP contribution in [0.3, 0.4) is 0 Å². The summed E-state index contributed by atoms with van der Waals surface area (Å²) < 4.78 is 17.3. The van der Waals surface area contributed by atoms with Gasteiger partial charge in [0.25, 0.3) is 0 Å². The standard InChI is InChI=1S/C24H34N4O3.HI/c1-4-14-30-22-9-7-6-8-20(22)17-26-24(25-5-2)27-18-21(23-11-10-19(3)31-23)28-12-15-29-16-13-28;/h4,6-11,21H,1,5,12-18H2,2-3H3,(H2,25,26,27);1H. The van der Waals surface area contributed by atoms with Gasteiger partial charge in [0, 0.05) is 31.7 Å². The van der Waals surface area contributed by atoms with E-state index in [2.05, 4.69) is 35.1 Å². The molecule has 3 rings (SSSR count). The van der Waals surface area contributed by atoms with Crippen LogP contribution in [0.5, 0.6) is 5.75 Å². The molecule has 2 heterocycles. The average Bonchev–Trinajstić information content (AvgIpc) is 3.23. The van der Waals surface area contributed by atoms with Crippen LogP contribution in [0.25, 0.3) is 0 Å². The van der Waals surface area contributed by atoms with Crippen molar-refractivity contribution in [1.82, 2.24) is 15.5 Å². The van der Waals surface area contributed by atoms with Crippen LogP contribution in [0.4, 0.5) is 0 Å². The highest BCUT2D eigenvalue weighted by molar-refractivity contribution is 14.0. The molecule has 32 heavy (non-hydrogen) atoms. The van der Waals surface area contributed by atoms with Crippen LogP contribution < -0.4 is 15.4 Å². The zero-order valence-electron chi connectivity index (χ0n) is 19.0. The van der Waals surface area contributed by atoms with E-state index in [0.29, 0.717) is 19.7 Å². The first kappa shape index (κ1) is 26.2. The maximum Gasteiger partial charge on any atom is 0.191 e. The molecule has 0 bridgehead atoms. The topological polar surface area (TPSA) is 71.3 Å². The summed E-state index contributed by atoms with van der Waals surface area (Å²) in [7, 11) is 0. The molecule has 0 amide bonds. The van der Waals surface area contributed by atoms with Crippen molar-refractivity contribution in [1.29, 1.82) is 0 Å². The van der Waals surface area contributed by atoms with Gasteiger partial charge < -0.3 is 24.5 Å². The Bertz CT molecular complexity index is 849. The van der Waals surface area contributed by atoms with Gasteiger partial charge in [-0.2, -0.15) is 0 Å². The van der Waals surface area contributed by atoms with Gasteiger partial charge in [-0.15, -0.1) is 24.0 Å². The molecule has 0 aliphatic carbocycles. The van der Waals surface area contributed by atoms with E-state index in [9.17, 15) is 0 Å². The predicted molar refractivity (Wildman–Crippen MR) is 139 cm³/mol. The summed E-state index contributed by atoms with van der Waals surface area (Å²) in [6.07, 6.45) is 1.74. The molecule has 0 spiro atoms. The van der Waals surface area contributed by atoms with Gasteiger partial charge in [-0.25, -0.2) is 4.99 Å². The van der Waals surface area contributed by atoms with Crippen LogP contribution in [-0.2, 0) is 11.3 Å². The molecule has 1 unspecified atom stereocenters. The van der Waals surface area contributed by atoms with E-state index in [4.69, 9.17) is 18.9 Å². The summed E-state index contributed by atoms with van der Waals surface area (Å²) in [4.78, 5) is 7.18. The third-order valence-electron chi connectivity index (χ3n) is 5.12. The zero-order chi connectivity index (χ0) is 21.9. The van der Waals surface area contributed by atoms with E-state index < -0.39 is 0 Å². The third-order valence-corrected chi connectivity index (χ3v) is 5.12. The number of furan rings is 1.